The summed E-state index contributed by atoms with van der Waals surface area (Å²) in [6.45, 7) is 3.26. The lowest BCUT2D eigenvalue weighted by Gasteiger charge is -2.30. The third-order valence-electron chi connectivity index (χ3n) is 3.24. The molecule has 5 heteroatoms. The molecule has 0 aliphatic carbocycles. The van der Waals surface area contributed by atoms with Crippen molar-refractivity contribution in [1.29, 1.82) is 0 Å². The highest BCUT2D eigenvalue weighted by Crippen LogP contribution is 2.39. The van der Waals surface area contributed by atoms with Crippen LogP contribution in [0.5, 0.6) is 0 Å². The van der Waals surface area contributed by atoms with Crippen LogP contribution in [0.4, 0.5) is 0 Å². The van der Waals surface area contributed by atoms with Gasteiger partial charge in [0.15, 0.2) is 5.78 Å². The molecule has 1 atom stereocenters. The monoisotopic (exact) mass is 303 g/mol. The van der Waals surface area contributed by atoms with Gasteiger partial charge in [-0.25, -0.2) is 0 Å². The van der Waals surface area contributed by atoms with Gasteiger partial charge in [0.2, 0.25) is 0 Å². The molecule has 1 aliphatic rings. The maximum Gasteiger partial charge on any atom is 0.158 e. The molecule has 1 N–H and O–H groups in total. The van der Waals surface area contributed by atoms with E-state index < -0.39 is 5.92 Å². The van der Waals surface area contributed by atoms with Crippen molar-refractivity contribution in [1.82, 2.24) is 5.32 Å². The summed E-state index contributed by atoms with van der Waals surface area (Å²) in [4.78, 5) is 12.3. The van der Waals surface area contributed by atoms with Crippen LogP contribution < -0.4 is 5.32 Å². The number of benzene rings is 1. The molecule has 0 saturated heterocycles. The number of hydrogen-bond acceptors (Lipinski definition) is 2. The van der Waals surface area contributed by atoms with Gasteiger partial charge in [-0.05, 0) is 25.5 Å². The van der Waals surface area contributed by atoms with Crippen molar-refractivity contribution in [3.05, 3.63) is 57.1 Å². The molecule has 0 bridgehead atoms. The minimum atomic E-state index is -0.500. The summed E-state index contributed by atoms with van der Waals surface area (Å²) < 4.78 is 0. The van der Waals surface area contributed by atoms with E-state index in [-0.39, 0.29) is 5.78 Å². The van der Waals surface area contributed by atoms with Crippen molar-refractivity contribution >= 4 is 40.5 Å². The highest BCUT2D eigenvalue weighted by atomic mass is 35.5. The lowest BCUT2D eigenvalue weighted by molar-refractivity contribution is -0.113. The number of rotatable bonds is 2. The van der Waals surface area contributed by atoms with Crippen LogP contribution in [0.3, 0.4) is 0 Å². The van der Waals surface area contributed by atoms with Crippen LogP contribution in [0.25, 0.3) is 5.41 Å². The number of ketones is 1. The molecule has 0 radical (unpaired) electrons. The van der Waals surface area contributed by atoms with Crippen molar-refractivity contribution in [3.8, 4) is 0 Å². The van der Waals surface area contributed by atoms with Crippen molar-refractivity contribution in [2.24, 2.45) is 0 Å². The van der Waals surface area contributed by atoms with E-state index in [0.717, 1.165) is 5.56 Å². The van der Waals surface area contributed by atoms with Gasteiger partial charge in [0.05, 0.1) is 0 Å². The average Bonchev–Trinajstić information content (AvgIpc) is 2.38. The fourth-order valence-corrected chi connectivity index (χ4v) is 2.96. The first-order chi connectivity index (χ1) is 9.47. The number of nitrogens with zero attached hydrogens (tertiary/aromatic N) is 1. The maximum atomic E-state index is 12.0. The predicted octanol–water partition coefficient (Wildman–Crippen LogP) is 3.38. The maximum absolute atomic E-state index is 12.0. The first-order valence-electron chi connectivity index (χ1n) is 6.01. The SMILES string of the molecule is CC(=O)C1=C(C)NC(=S)C(=C=[N-])C1c1ccccc1Cl. The van der Waals surface area contributed by atoms with Crippen LogP contribution in [0.15, 0.2) is 41.1 Å². The average molecular weight is 304 g/mol. The summed E-state index contributed by atoms with van der Waals surface area (Å²) in [5.41, 5.74) is 2.28. The zero-order valence-electron chi connectivity index (χ0n) is 11.0. The molecule has 0 aromatic heterocycles. The van der Waals surface area contributed by atoms with Crippen LogP contribution in [-0.4, -0.2) is 16.6 Å². The number of Topliss-reactive ketones (excluding diaryl/α,β-unsaturated/α-hetero) is 1. The van der Waals surface area contributed by atoms with Gasteiger partial charge in [-0.15, -0.1) is 0 Å². The second-order valence-electron chi connectivity index (χ2n) is 4.53. The highest BCUT2D eigenvalue weighted by molar-refractivity contribution is 7.80. The molecule has 1 aromatic carbocycles. The number of carbonyl (C=O) groups is 1. The molecule has 0 amide bonds. The molecule has 0 spiro atoms. The molecule has 1 heterocycles. The molecular formula is C15H12ClN2OS-. The normalized spacial score (nSPS) is 18.6. The van der Waals surface area contributed by atoms with Gasteiger partial charge in [-0.1, -0.05) is 42.0 Å². The van der Waals surface area contributed by atoms with E-state index in [2.05, 4.69) is 11.2 Å². The molecule has 20 heavy (non-hydrogen) atoms. The van der Waals surface area contributed by atoms with E-state index in [1.54, 1.807) is 19.1 Å². The van der Waals surface area contributed by atoms with Crippen molar-refractivity contribution < 1.29 is 4.79 Å². The van der Waals surface area contributed by atoms with Gasteiger partial charge < -0.3 is 10.7 Å². The molecule has 1 unspecified atom stereocenters. The van der Waals surface area contributed by atoms with Crippen molar-refractivity contribution in [2.75, 3.05) is 0 Å². The van der Waals surface area contributed by atoms with E-state index in [1.807, 2.05) is 12.1 Å². The van der Waals surface area contributed by atoms with Crippen LogP contribution in [0.1, 0.15) is 25.3 Å². The Hall–Kier alpha value is -1.74. The molecule has 2 rings (SSSR count). The number of allylic oxidation sites excluding steroid dienone is 2. The highest BCUT2D eigenvalue weighted by Gasteiger charge is 2.32. The Morgan fingerprint density at radius 1 is 1.45 bits per heavy atom. The van der Waals surface area contributed by atoms with E-state index in [1.165, 1.54) is 6.92 Å². The second kappa shape index (κ2) is 5.71. The van der Waals surface area contributed by atoms with Crippen LogP contribution in [0, 0.1) is 0 Å². The van der Waals surface area contributed by atoms with E-state index in [0.29, 0.717) is 26.9 Å². The summed E-state index contributed by atoms with van der Waals surface area (Å²) >= 11 is 11.4. The van der Waals surface area contributed by atoms with Gasteiger partial charge in [0.1, 0.15) is 4.99 Å². The number of thiocarbonyl (C=S) groups is 1. The van der Waals surface area contributed by atoms with Crippen LogP contribution >= 0.6 is 23.8 Å². The second-order valence-corrected chi connectivity index (χ2v) is 5.34. The van der Waals surface area contributed by atoms with Crippen molar-refractivity contribution in [2.45, 2.75) is 19.8 Å². The Labute approximate surface area is 127 Å². The lowest BCUT2D eigenvalue weighted by Crippen LogP contribution is -2.34. The molecule has 1 aliphatic heterocycles. The Morgan fingerprint density at radius 3 is 2.65 bits per heavy atom. The van der Waals surface area contributed by atoms with Crippen molar-refractivity contribution in [3.63, 3.8) is 0 Å². The molecule has 0 saturated carbocycles. The van der Waals surface area contributed by atoms with Gasteiger partial charge in [-0.3, -0.25) is 10.7 Å². The van der Waals surface area contributed by atoms with Gasteiger partial charge >= 0.3 is 0 Å². The summed E-state index contributed by atoms with van der Waals surface area (Å²) in [7, 11) is 0. The minimum Gasteiger partial charge on any atom is -0.763 e. The molecule has 1 aromatic rings. The van der Waals surface area contributed by atoms with Crippen LogP contribution in [0.2, 0.25) is 5.02 Å². The van der Waals surface area contributed by atoms with E-state index in [4.69, 9.17) is 23.8 Å². The van der Waals surface area contributed by atoms with Crippen LogP contribution in [-0.2, 0) is 4.79 Å². The molecule has 3 nitrogen and oxygen atoms in total. The first-order valence-corrected chi connectivity index (χ1v) is 6.80. The third-order valence-corrected chi connectivity index (χ3v) is 3.91. The zero-order chi connectivity index (χ0) is 14.9. The number of hydrogen-bond donors (Lipinski definition) is 1. The Morgan fingerprint density at radius 2 is 2.10 bits per heavy atom. The largest absolute Gasteiger partial charge is 0.763 e. The summed E-state index contributed by atoms with van der Waals surface area (Å²) in [5, 5.41) is 12.8. The third kappa shape index (κ3) is 2.46. The summed E-state index contributed by atoms with van der Waals surface area (Å²) in [6, 6.07) is 7.19. The molecular weight excluding hydrogens is 292 g/mol. The Kier molecular flexibility index (Phi) is 4.19. The van der Waals surface area contributed by atoms with E-state index >= 15 is 0 Å². The van der Waals surface area contributed by atoms with E-state index in [9.17, 15) is 10.2 Å². The summed E-state index contributed by atoms with van der Waals surface area (Å²) in [6.07, 6.45) is 0. The minimum absolute atomic E-state index is 0.102. The fourth-order valence-electron chi connectivity index (χ4n) is 2.40. The Balaban J connectivity index is 2.75. The van der Waals surface area contributed by atoms with Gasteiger partial charge in [0, 0.05) is 27.8 Å². The summed E-state index contributed by atoms with van der Waals surface area (Å²) in [5.74, 6) is 1.50. The molecule has 0 fully saturated rings. The zero-order valence-corrected chi connectivity index (χ0v) is 12.6. The topological polar surface area (TPSA) is 51.4 Å². The number of carbonyl (C=O) groups excluding carboxylic acids is 1. The standard InChI is InChI=1S/C15H12ClN2OS/c1-8-13(9(2)19)14(11(7-17)15(20)18-8)10-5-3-4-6-12(10)16/h3-6,14H,1-2H3,(H,18,20)/q-1. The van der Waals surface area contributed by atoms with Gasteiger partial charge in [0.25, 0.3) is 0 Å². The fraction of sp³-hybridized carbons (Fsp3) is 0.200. The molecule has 102 valence electrons. The lowest BCUT2D eigenvalue weighted by atomic mass is 9.80. The smallest absolute Gasteiger partial charge is 0.158 e. The first kappa shape index (κ1) is 14.7. The van der Waals surface area contributed by atoms with Gasteiger partial charge in [-0.2, -0.15) is 0 Å². The quantitative estimate of drug-likeness (QED) is 0.518. The predicted molar refractivity (Wildman–Crippen MR) is 85.2 cm³/mol. The number of halogens is 1. The number of nitrogens with one attached hydrogen (secondary N) is 1. The Bertz CT molecular complexity index is 687.